The van der Waals surface area contributed by atoms with Gasteiger partial charge in [0.2, 0.25) is 5.60 Å². The molecule has 0 heterocycles. The van der Waals surface area contributed by atoms with Crippen molar-refractivity contribution < 1.29 is 62.9 Å². The van der Waals surface area contributed by atoms with Crippen LogP contribution >= 0.6 is 0 Å². The van der Waals surface area contributed by atoms with E-state index in [1.54, 1.807) is 50.2 Å². The zero-order chi connectivity index (χ0) is 34.8. The highest BCUT2D eigenvalue weighted by atomic mass is 16.7. The van der Waals surface area contributed by atoms with E-state index in [0.29, 0.717) is 35.2 Å². The summed E-state index contributed by atoms with van der Waals surface area (Å²) >= 11 is 0. The Morgan fingerprint density at radius 1 is 0.766 bits per heavy atom. The molecule has 0 aromatic heterocycles. The predicted molar refractivity (Wildman–Crippen MR) is 162 cm³/mol. The van der Waals surface area contributed by atoms with Gasteiger partial charge in [0.05, 0.1) is 19.2 Å². The second-order valence-electron chi connectivity index (χ2n) is 10.6. The van der Waals surface area contributed by atoms with Crippen LogP contribution in [0.1, 0.15) is 50.7 Å². The average Bonchev–Trinajstić information content (AvgIpc) is 3.06. The van der Waals surface area contributed by atoms with Crippen LogP contribution in [0.4, 0.5) is 0 Å². The zero-order valence-electron chi connectivity index (χ0n) is 26.2. The highest BCUT2D eigenvalue weighted by Gasteiger charge is 2.49. The number of carboxylic acids is 2. The van der Waals surface area contributed by atoms with E-state index in [1.807, 2.05) is 0 Å². The summed E-state index contributed by atoms with van der Waals surface area (Å²) in [6.07, 6.45) is 1.14. The first-order valence-corrected chi connectivity index (χ1v) is 14.5. The quantitative estimate of drug-likeness (QED) is 0.0766. The van der Waals surface area contributed by atoms with Crippen molar-refractivity contribution in [2.45, 2.75) is 70.4 Å². The molecule has 3 atom stereocenters. The Morgan fingerprint density at radius 3 is 1.72 bits per heavy atom. The summed E-state index contributed by atoms with van der Waals surface area (Å²) in [5.41, 5.74) is 3.92. The van der Waals surface area contributed by atoms with Gasteiger partial charge in [-0.2, -0.15) is 5.48 Å². The van der Waals surface area contributed by atoms with Crippen molar-refractivity contribution in [2.75, 3.05) is 7.11 Å². The van der Waals surface area contributed by atoms with Gasteiger partial charge in [0, 0.05) is 12.8 Å². The molecule has 1 unspecified atom stereocenters. The fourth-order valence-electron chi connectivity index (χ4n) is 3.84. The lowest BCUT2D eigenvalue weighted by molar-refractivity contribution is -0.193. The van der Waals surface area contributed by atoms with E-state index < -0.39 is 47.5 Å². The molecule has 0 fully saturated rings. The maximum absolute atomic E-state index is 13.6. The number of aldehydes is 2. The smallest absolute Gasteiger partial charge is 0.342 e. The topological polar surface area (TPSA) is 213 Å². The molecule has 2 aromatic rings. The fraction of sp³-hybridized carbons (Fsp3) is 0.406. The van der Waals surface area contributed by atoms with E-state index >= 15 is 0 Å². The lowest BCUT2D eigenvalue weighted by Crippen LogP contribution is -2.54. The van der Waals surface area contributed by atoms with Gasteiger partial charge in [-0.3, -0.25) is 19.2 Å². The summed E-state index contributed by atoms with van der Waals surface area (Å²) in [6.45, 7) is 2.74. The number of hydroxylamine groups is 2. The molecule has 47 heavy (non-hydrogen) atoms. The largest absolute Gasteiger partial charge is 0.497 e. The molecule has 255 valence electrons. The van der Waals surface area contributed by atoms with Gasteiger partial charge < -0.3 is 38.9 Å². The van der Waals surface area contributed by atoms with Crippen LogP contribution in [-0.4, -0.2) is 71.5 Å². The normalized spacial score (nSPS) is 13.4. The van der Waals surface area contributed by atoms with E-state index in [2.05, 4.69) is 11.0 Å². The Labute approximate surface area is 271 Å². The summed E-state index contributed by atoms with van der Waals surface area (Å²) in [7, 11) is 1.51. The van der Waals surface area contributed by atoms with Crippen LogP contribution in [-0.2, 0) is 56.3 Å². The first-order valence-electron chi connectivity index (χ1n) is 14.5. The second-order valence-corrected chi connectivity index (χ2v) is 10.6. The van der Waals surface area contributed by atoms with Gasteiger partial charge >= 0.3 is 23.9 Å². The fourth-order valence-corrected chi connectivity index (χ4v) is 3.84. The summed E-state index contributed by atoms with van der Waals surface area (Å²) in [4.78, 5) is 82.0. The Morgan fingerprint density at radius 2 is 1.26 bits per heavy atom. The highest BCUT2D eigenvalue weighted by molar-refractivity contribution is 5.93. The minimum absolute atomic E-state index is 0.0284. The molecule has 0 amide bonds. The van der Waals surface area contributed by atoms with Crippen molar-refractivity contribution in [1.82, 2.24) is 11.0 Å². The SMILES string of the molecule is COc1ccc(COC(=O)[CH]C(ON[C@@H](C=O)CCC(=O)O)(C(=O)OCc2ccc(ON[C@@H](C=O)CCC(=O)O)cc2)C(C)C)cc1. The minimum Gasteiger partial charge on any atom is -0.497 e. The number of hydrogen-bond acceptors (Lipinski definition) is 13. The van der Waals surface area contributed by atoms with Crippen LogP contribution in [0.5, 0.6) is 11.5 Å². The molecule has 2 aromatic carbocycles. The second kappa shape index (κ2) is 19.6. The Hall–Kier alpha value is -4.86. The molecule has 0 spiro atoms. The van der Waals surface area contributed by atoms with Crippen molar-refractivity contribution in [3.63, 3.8) is 0 Å². The van der Waals surface area contributed by atoms with Crippen molar-refractivity contribution in [1.29, 1.82) is 0 Å². The van der Waals surface area contributed by atoms with Crippen molar-refractivity contribution in [2.24, 2.45) is 5.92 Å². The molecule has 0 aliphatic carbocycles. The standard InChI is InChI=1S/C32H39N2O13/c1-21(2)32(47-34-25(18-36)9-15-29(39)40,16-30(41)44-19-22-4-10-26(43-3)11-5-22)31(42)45-20-23-6-12-27(13-7-23)46-33-24(17-35)8-14-28(37)38/h4-7,10-13,16-18,21,24-25,33-34H,8-9,14-15,19-20H2,1-3H3,(H,37,38)(H,39,40)/t24-,25-,32?/m1/s1. The van der Waals surface area contributed by atoms with Gasteiger partial charge in [-0.15, -0.1) is 5.48 Å². The lowest BCUT2D eigenvalue weighted by atomic mass is 9.87. The third-order valence-corrected chi connectivity index (χ3v) is 6.72. The van der Waals surface area contributed by atoms with E-state index in [4.69, 9.17) is 34.1 Å². The van der Waals surface area contributed by atoms with Crippen molar-refractivity contribution in [3.05, 3.63) is 66.1 Å². The maximum Gasteiger partial charge on any atom is 0.342 e. The van der Waals surface area contributed by atoms with Gasteiger partial charge in [-0.05, 0) is 54.2 Å². The Kier molecular flexibility index (Phi) is 16.0. The van der Waals surface area contributed by atoms with E-state index in [-0.39, 0.29) is 38.9 Å². The molecular formula is C32H39N2O13. The average molecular weight is 660 g/mol. The lowest BCUT2D eigenvalue weighted by Gasteiger charge is -2.34. The number of nitrogens with one attached hydrogen (secondary N) is 2. The molecule has 15 heteroatoms. The van der Waals surface area contributed by atoms with Gasteiger partial charge in [0.25, 0.3) is 0 Å². The third kappa shape index (κ3) is 13.2. The number of carbonyl (C=O) groups is 6. The van der Waals surface area contributed by atoms with Crippen LogP contribution in [0.2, 0.25) is 0 Å². The number of benzene rings is 2. The molecular weight excluding hydrogens is 620 g/mol. The molecule has 1 radical (unpaired) electrons. The first-order chi connectivity index (χ1) is 22.4. The van der Waals surface area contributed by atoms with Gasteiger partial charge in [-0.25, -0.2) is 4.79 Å². The van der Waals surface area contributed by atoms with Crippen LogP contribution in [0.3, 0.4) is 0 Å². The van der Waals surface area contributed by atoms with E-state index in [9.17, 15) is 28.8 Å². The number of esters is 2. The summed E-state index contributed by atoms with van der Waals surface area (Å²) in [6, 6.07) is 11.0. The number of carbonyl (C=O) groups excluding carboxylic acids is 4. The number of methoxy groups -OCH3 is 1. The molecule has 0 bridgehead atoms. The Balaban J connectivity index is 2.14. The number of rotatable bonds is 23. The van der Waals surface area contributed by atoms with Crippen molar-refractivity contribution >= 4 is 36.4 Å². The van der Waals surface area contributed by atoms with Crippen molar-refractivity contribution in [3.8, 4) is 11.5 Å². The van der Waals surface area contributed by atoms with Crippen LogP contribution in [0.15, 0.2) is 48.5 Å². The first kappa shape index (κ1) is 38.3. The molecule has 0 saturated heterocycles. The summed E-state index contributed by atoms with van der Waals surface area (Å²) in [5.74, 6) is -3.97. The van der Waals surface area contributed by atoms with Crippen LogP contribution in [0, 0.1) is 12.3 Å². The van der Waals surface area contributed by atoms with Crippen LogP contribution < -0.4 is 20.5 Å². The maximum atomic E-state index is 13.6. The molecule has 2 rings (SSSR count). The summed E-state index contributed by atoms with van der Waals surface area (Å²) in [5, 5.41) is 17.8. The molecule has 0 aliphatic heterocycles. The van der Waals surface area contributed by atoms with E-state index in [0.717, 1.165) is 6.42 Å². The third-order valence-electron chi connectivity index (χ3n) is 6.72. The molecule has 0 saturated carbocycles. The zero-order valence-corrected chi connectivity index (χ0v) is 26.2. The number of hydrogen-bond donors (Lipinski definition) is 4. The van der Waals surface area contributed by atoms with Gasteiger partial charge in [0.1, 0.15) is 43.7 Å². The number of ether oxygens (including phenoxy) is 3. The Bertz CT molecular complexity index is 1330. The van der Waals surface area contributed by atoms with Crippen LogP contribution in [0.25, 0.3) is 0 Å². The number of carboxylic acid groups (broad SMARTS) is 2. The van der Waals surface area contributed by atoms with Gasteiger partial charge in [0.15, 0.2) is 0 Å². The molecule has 15 nitrogen and oxygen atoms in total. The monoisotopic (exact) mass is 659 g/mol. The molecule has 4 N–H and O–H groups in total. The number of aliphatic carboxylic acids is 2. The minimum atomic E-state index is -2.10. The predicted octanol–water partition coefficient (Wildman–Crippen LogP) is 2.35. The van der Waals surface area contributed by atoms with Gasteiger partial charge in [-0.1, -0.05) is 38.1 Å². The van der Waals surface area contributed by atoms with E-state index in [1.165, 1.54) is 19.2 Å². The molecule has 0 aliphatic rings. The summed E-state index contributed by atoms with van der Waals surface area (Å²) < 4.78 is 16.0. The highest BCUT2D eigenvalue weighted by Crippen LogP contribution is 2.28.